The molecule has 162 valence electrons. The molecule has 2 aromatic carbocycles. The third kappa shape index (κ3) is 4.04. The van der Waals surface area contributed by atoms with Gasteiger partial charge in [-0.15, -0.1) is 0 Å². The molecule has 0 bridgehead atoms. The number of nitrogens with zero attached hydrogens (tertiary/aromatic N) is 2. The first-order chi connectivity index (χ1) is 15.2. The number of hydrogen-bond donors (Lipinski definition) is 0. The summed E-state index contributed by atoms with van der Waals surface area (Å²) >= 11 is 0. The van der Waals surface area contributed by atoms with Crippen molar-refractivity contribution in [1.29, 1.82) is 0 Å². The Kier molecular flexibility index (Phi) is 5.40. The van der Waals surface area contributed by atoms with E-state index in [9.17, 15) is 9.59 Å². The number of carbonyl (C=O) groups excluding carboxylic acids is 2. The van der Waals surface area contributed by atoms with Crippen molar-refractivity contribution in [3.8, 4) is 17.2 Å². The van der Waals surface area contributed by atoms with E-state index in [-0.39, 0.29) is 24.5 Å². The third-order valence-electron chi connectivity index (χ3n) is 6.11. The monoisotopic (exact) mass is 422 g/mol. The van der Waals surface area contributed by atoms with Crippen LogP contribution in [0.1, 0.15) is 37.3 Å². The highest BCUT2D eigenvalue weighted by Gasteiger charge is 2.31. The Morgan fingerprint density at radius 1 is 1.00 bits per heavy atom. The molecule has 0 N–H and O–H groups in total. The van der Waals surface area contributed by atoms with E-state index < -0.39 is 0 Å². The average Bonchev–Trinajstić information content (AvgIpc) is 3.47. The SMILES string of the molecule is O=C1CCCN1c1ccc(OCC(=O)N2CCCC2c2ccc3c(c2)OCCO3)cc1. The summed E-state index contributed by atoms with van der Waals surface area (Å²) in [4.78, 5) is 28.5. The summed E-state index contributed by atoms with van der Waals surface area (Å²) in [5.41, 5.74) is 1.94. The molecule has 1 unspecified atom stereocenters. The van der Waals surface area contributed by atoms with Crippen LogP contribution in [0.3, 0.4) is 0 Å². The van der Waals surface area contributed by atoms with Crippen LogP contribution in [0.2, 0.25) is 0 Å². The lowest BCUT2D eigenvalue weighted by atomic mass is 10.0. The molecule has 3 heterocycles. The van der Waals surface area contributed by atoms with Gasteiger partial charge in [0.05, 0.1) is 6.04 Å². The fourth-order valence-corrected chi connectivity index (χ4v) is 4.55. The summed E-state index contributed by atoms with van der Waals surface area (Å²) in [6, 6.07) is 13.3. The van der Waals surface area contributed by atoms with E-state index in [0.717, 1.165) is 55.1 Å². The van der Waals surface area contributed by atoms with E-state index in [1.54, 1.807) is 4.90 Å². The minimum absolute atomic E-state index is 0.0109. The quantitative estimate of drug-likeness (QED) is 0.739. The number of benzene rings is 2. The van der Waals surface area contributed by atoms with Crippen LogP contribution in [0.5, 0.6) is 17.2 Å². The molecule has 3 aliphatic rings. The van der Waals surface area contributed by atoms with Crippen molar-refractivity contribution in [3.05, 3.63) is 48.0 Å². The van der Waals surface area contributed by atoms with E-state index in [0.29, 0.717) is 25.4 Å². The number of carbonyl (C=O) groups is 2. The molecule has 2 aromatic rings. The fraction of sp³-hybridized carbons (Fsp3) is 0.417. The van der Waals surface area contributed by atoms with E-state index >= 15 is 0 Å². The largest absolute Gasteiger partial charge is 0.486 e. The summed E-state index contributed by atoms with van der Waals surface area (Å²) in [5.74, 6) is 2.25. The van der Waals surface area contributed by atoms with Crippen LogP contribution >= 0.6 is 0 Å². The van der Waals surface area contributed by atoms with Gasteiger partial charge in [0.1, 0.15) is 19.0 Å². The Hall–Kier alpha value is -3.22. The van der Waals surface area contributed by atoms with Crippen molar-refractivity contribution in [2.24, 2.45) is 0 Å². The molecule has 31 heavy (non-hydrogen) atoms. The molecule has 2 fully saturated rings. The Balaban J connectivity index is 1.21. The van der Waals surface area contributed by atoms with Gasteiger partial charge in [0.15, 0.2) is 18.1 Å². The van der Waals surface area contributed by atoms with Gasteiger partial charge < -0.3 is 24.0 Å². The van der Waals surface area contributed by atoms with Crippen LogP contribution in [-0.2, 0) is 9.59 Å². The Morgan fingerprint density at radius 2 is 1.81 bits per heavy atom. The van der Waals surface area contributed by atoms with Crippen LogP contribution in [0.25, 0.3) is 0 Å². The van der Waals surface area contributed by atoms with Crippen molar-refractivity contribution >= 4 is 17.5 Å². The van der Waals surface area contributed by atoms with Gasteiger partial charge in [0, 0.05) is 25.2 Å². The average molecular weight is 422 g/mol. The van der Waals surface area contributed by atoms with Crippen molar-refractivity contribution in [1.82, 2.24) is 4.90 Å². The first-order valence-electron chi connectivity index (χ1n) is 10.9. The smallest absolute Gasteiger partial charge is 0.261 e. The Bertz CT molecular complexity index is 974. The molecule has 2 saturated heterocycles. The number of fused-ring (bicyclic) bond motifs is 1. The maximum atomic E-state index is 12.9. The van der Waals surface area contributed by atoms with E-state index in [2.05, 4.69) is 0 Å². The van der Waals surface area contributed by atoms with Gasteiger partial charge in [-0.05, 0) is 61.2 Å². The maximum Gasteiger partial charge on any atom is 0.261 e. The van der Waals surface area contributed by atoms with Gasteiger partial charge in [-0.1, -0.05) is 6.07 Å². The molecule has 5 rings (SSSR count). The highest BCUT2D eigenvalue weighted by molar-refractivity contribution is 5.95. The lowest BCUT2D eigenvalue weighted by Gasteiger charge is -2.26. The van der Waals surface area contributed by atoms with Crippen LogP contribution in [-0.4, -0.2) is 49.6 Å². The second-order valence-corrected chi connectivity index (χ2v) is 8.08. The summed E-state index contributed by atoms with van der Waals surface area (Å²) in [7, 11) is 0. The van der Waals surface area contributed by atoms with Crippen LogP contribution < -0.4 is 19.1 Å². The zero-order valence-electron chi connectivity index (χ0n) is 17.4. The molecular weight excluding hydrogens is 396 g/mol. The normalized spacial score (nSPS) is 20.3. The predicted octanol–water partition coefficient (Wildman–Crippen LogP) is 3.33. The van der Waals surface area contributed by atoms with E-state index in [1.165, 1.54) is 0 Å². The van der Waals surface area contributed by atoms with Crippen LogP contribution in [0.15, 0.2) is 42.5 Å². The molecule has 2 amide bonds. The summed E-state index contributed by atoms with van der Waals surface area (Å²) in [5, 5.41) is 0. The van der Waals surface area contributed by atoms with Crippen molar-refractivity contribution < 1.29 is 23.8 Å². The number of hydrogen-bond acceptors (Lipinski definition) is 5. The highest BCUT2D eigenvalue weighted by atomic mass is 16.6. The lowest BCUT2D eigenvalue weighted by Crippen LogP contribution is -2.34. The number of rotatable bonds is 5. The zero-order chi connectivity index (χ0) is 21.2. The van der Waals surface area contributed by atoms with Crippen LogP contribution in [0.4, 0.5) is 5.69 Å². The molecule has 0 aromatic heterocycles. The lowest BCUT2D eigenvalue weighted by molar-refractivity contribution is -0.134. The van der Waals surface area contributed by atoms with E-state index in [1.807, 2.05) is 47.4 Å². The first-order valence-corrected chi connectivity index (χ1v) is 10.9. The summed E-state index contributed by atoms with van der Waals surface area (Å²) in [6.45, 7) is 2.57. The van der Waals surface area contributed by atoms with Gasteiger partial charge in [0.25, 0.3) is 5.91 Å². The molecule has 0 spiro atoms. The molecule has 7 heteroatoms. The molecular formula is C24H26N2O5. The molecule has 0 radical (unpaired) electrons. The fourth-order valence-electron chi connectivity index (χ4n) is 4.55. The standard InChI is InChI=1S/C24H26N2O5/c27-23-4-2-11-25(23)18-6-8-19(9-7-18)31-16-24(28)26-12-1-3-20(26)17-5-10-21-22(15-17)30-14-13-29-21/h5-10,15,20H,1-4,11-14,16H2. The molecule has 0 saturated carbocycles. The van der Waals surface area contributed by atoms with E-state index in [4.69, 9.17) is 14.2 Å². The van der Waals surface area contributed by atoms with Gasteiger partial charge >= 0.3 is 0 Å². The van der Waals surface area contributed by atoms with Crippen molar-refractivity contribution in [2.75, 3.05) is 37.8 Å². The topological polar surface area (TPSA) is 68.3 Å². The summed E-state index contributed by atoms with van der Waals surface area (Å²) in [6.07, 6.45) is 3.38. The Morgan fingerprint density at radius 3 is 2.58 bits per heavy atom. The van der Waals surface area contributed by atoms with Gasteiger partial charge in [-0.25, -0.2) is 0 Å². The minimum atomic E-state index is -0.0313. The first kappa shape index (κ1) is 19.7. The highest BCUT2D eigenvalue weighted by Crippen LogP contribution is 2.38. The van der Waals surface area contributed by atoms with Crippen molar-refractivity contribution in [2.45, 2.75) is 31.7 Å². The van der Waals surface area contributed by atoms with Gasteiger partial charge in [-0.3, -0.25) is 9.59 Å². The van der Waals surface area contributed by atoms with Crippen LogP contribution in [0, 0.1) is 0 Å². The summed E-state index contributed by atoms with van der Waals surface area (Å²) < 4.78 is 17.1. The molecule has 3 aliphatic heterocycles. The maximum absolute atomic E-state index is 12.9. The molecule has 0 aliphatic carbocycles. The number of anilines is 1. The molecule has 1 atom stereocenters. The Labute approximate surface area is 181 Å². The second kappa shape index (κ2) is 8.49. The second-order valence-electron chi connectivity index (χ2n) is 8.08. The van der Waals surface area contributed by atoms with Gasteiger partial charge in [0.2, 0.25) is 5.91 Å². The molecule has 7 nitrogen and oxygen atoms in total. The number of amides is 2. The van der Waals surface area contributed by atoms with Gasteiger partial charge in [-0.2, -0.15) is 0 Å². The number of likely N-dealkylation sites (tertiary alicyclic amines) is 1. The number of ether oxygens (including phenoxy) is 3. The zero-order valence-corrected chi connectivity index (χ0v) is 17.4. The predicted molar refractivity (Wildman–Crippen MR) is 115 cm³/mol. The third-order valence-corrected chi connectivity index (χ3v) is 6.11. The minimum Gasteiger partial charge on any atom is -0.486 e. The van der Waals surface area contributed by atoms with Crippen molar-refractivity contribution in [3.63, 3.8) is 0 Å².